The Hall–Kier alpha value is -3.13. The molecule has 0 radical (unpaired) electrons. The average molecular weight is 509 g/mol. The molecular weight excluding hydrogens is 480 g/mol. The minimum atomic E-state index is -5.06. The normalized spacial score (nSPS) is 13.9. The molecule has 0 amide bonds. The Balaban J connectivity index is 2.39. The molecule has 0 bridgehead atoms. The fourth-order valence-corrected chi connectivity index (χ4v) is 4.25. The molecule has 0 aliphatic heterocycles. The second kappa shape index (κ2) is 9.73. The van der Waals surface area contributed by atoms with E-state index in [9.17, 15) is 31.1 Å². The number of carbonyl (C=O) groups excluding carboxylic acids is 1. The van der Waals surface area contributed by atoms with Crippen molar-refractivity contribution in [2.24, 2.45) is 0 Å². The van der Waals surface area contributed by atoms with Crippen LogP contribution in [0.4, 0.5) is 26.3 Å². The summed E-state index contributed by atoms with van der Waals surface area (Å²) in [5.74, 6) is -0.822. The lowest BCUT2D eigenvalue weighted by atomic mass is 9.65. The van der Waals surface area contributed by atoms with Gasteiger partial charge in [0, 0.05) is 12.0 Å². The zero-order valence-corrected chi connectivity index (χ0v) is 20.4. The van der Waals surface area contributed by atoms with Crippen molar-refractivity contribution in [1.82, 2.24) is 0 Å². The van der Waals surface area contributed by atoms with E-state index in [-0.39, 0.29) is 18.5 Å². The molecule has 3 aromatic carbocycles. The molecule has 1 atom stereocenters. The predicted molar refractivity (Wildman–Crippen MR) is 127 cm³/mol. The summed E-state index contributed by atoms with van der Waals surface area (Å²) in [6.07, 6.45) is -9.97. The minimum absolute atomic E-state index is 0.0398. The Morgan fingerprint density at radius 1 is 0.694 bits per heavy atom. The highest BCUT2D eigenvalue weighted by molar-refractivity contribution is 6.07. The van der Waals surface area contributed by atoms with Crippen LogP contribution in [0.1, 0.15) is 46.0 Å². The summed E-state index contributed by atoms with van der Waals surface area (Å²) in [5, 5.41) is 0. The molecule has 8 heteroatoms. The van der Waals surface area contributed by atoms with E-state index in [2.05, 4.69) is 0 Å². The quantitative estimate of drug-likeness (QED) is 0.185. The Labute approximate surface area is 206 Å². The van der Waals surface area contributed by atoms with Crippen LogP contribution in [0.3, 0.4) is 0 Å². The Kier molecular flexibility index (Phi) is 7.42. The molecule has 2 nitrogen and oxygen atoms in total. The number of rotatable bonds is 7. The average Bonchev–Trinajstić information content (AvgIpc) is 2.81. The van der Waals surface area contributed by atoms with Crippen LogP contribution in [0, 0.1) is 0 Å². The van der Waals surface area contributed by atoms with Crippen LogP contribution in [0.5, 0.6) is 0 Å². The van der Waals surface area contributed by atoms with Crippen LogP contribution in [0.25, 0.3) is 0 Å². The molecule has 0 saturated carbocycles. The molecule has 0 aromatic heterocycles. The van der Waals surface area contributed by atoms with Crippen molar-refractivity contribution in [3.05, 3.63) is 107 Å². The van der Waals surface area contributed by atoms with Crippen LogP contribution in [0.15, 0.2) is 78.9 Å². The van der Waals surface area contributed by atoms with Gasteiger partial charge in [-0.25, -0.2) is 0 Å². The van der Waals surface area contributed by atoms with Crippen molar-refractivity contribution < 1.29 is 35.6 Å². The third-order valence-corrected chi connectivity index (χ3v) is 6.69. The second-order valence-electron chi connectivity index (χ2n) is 9.93. The maximum Gasteiger partial charge on any atom is 0.416 e. The maximum atomic E-state index is 14.3. The van der Waals surface area contributed by atoms with E-state index in [1.54, 1.807) is 60.7 Å². The Morgan fingerprint density at radius 3 is 1.42 bits per heavy atom. The first-order chi connectivity index (χ1) is 16.6. The fraction of sp³-hybridized carbons (Fsp3) is 0.321. The van der Waals surface area contributed by atoms with Gasteiger partial charge in [0.2, 0.25) is 0 Å². The number of hydrogen-bond donors (Lipinski definition) is 0. The van der Waals surface area contributed by atoms with E-state index >= 15 is 0 Å². The molecule has 3 aromatic rings. The van der Waals surface area contributed by atoms with Crippen LogP contribution < -0.4 is 0 Å². The molecule has 0 aliphatic rings. The molecule has 0 heterocycles. The third kappa shape index (κ3) is 5.64. The van der Waals surface area contributed by atoms with E-state index in [1.165, 1.54) is 0 Å². The highest BCUT2D eigenvalue weighted by Crippen LogP contribution is 2.43. The van der Waals surface area contributed by atoms with Gasteiger partial charge in [0.25, 0.3) is 0 Å². The van der Waals surface area contributed by atoms with Crippen molar-refractivity contribution in [3.8, 4) is 0 Å². The topological polar surface area (TPSA) is 17.1 Å². The van der Waals surface area contributed by atoms with E-state index in [0.717, 1.165) is 0 Å². The monoisotopic (exact) mass is 508 g/mol. The van der Waals surface area contributed by atoms with Crippen molar-refractivity contribution in [1.29, 1.82) is 0 Å². The molecular formula is C28H28F6NO+. The van der Waals surface area contributed by atoms with E-state index in [4.69, 9.17) is 0 Å². The highest BCUT2D eigenvalue weighted by atomic mass is 19.4. The van der Waals surface area contributed by atoms with Crippen LogP contribution >= 0.6 is 0 Å². The van der Waals surface area contributed by atoms with Gasteiger partial charge in [0.15, 0.2) is 5.78 Å². The first-order valence-electron chi connectivity index (χ1n) is 11.3. The first-order valence-corrected chi connectivity index (χ1v) is 11.3. The van der Waals surface area contributed by atoms with Crippen LogP contribution in [0.2, 0.25) is 0 Å². The zero-order chi connectivity index (χ0) is 26.9. The summed E-state index contributed by atoms with van der Waals surface area (Å²) in [4.78, 5) is 14.3. The van der Waals surface area contributed by atoms with Gasteiger partial charge in [-0.2, -0.15) is 26.3 Å². The second-order valence-corrected chi connectivity index (χ2v) is 9.93. The van der Waals surface area contributed by atoms with Crippen molar-refractivity contribution >= 4 is 5.78 Å². The first kappa shape index (κ1) is 27.5. The van der Waals surface area contributed by atoms with Crippen LogP contribution in [-0.2, 0) is 17.8 Å². The summed E-state index contributed by atoms with van der Waals surface area (Å²) < 4.78 is 82.2. The lowest BCUT2D eigenvalue weighted by molar-refractivity contribution is -0.894. The number of ketones is 1. The minimum Gasteiger partial charge on any atom is -0.329 e. The summed E-state index contributed by atoms with van der Waals surface area (Å²) in [6.45, 7) is 1.90. The molecule has 3 rings (SSSR count). The van der Waals surface area contributed by atoms with E-state index in [1.807, 2.05) is 28.1 Å². The van der Waals surface area contributed by atoms with Gasteiger partial charge in [-0.1, -0.05) is 60.7 Å². The van der Waals surface area contributed by atoms with Gasteiger partial charge in [0.05, 0.1) is 43.7 Å². The number of benzene rings is 3. The number of carbonyl (C=O) groups is 1. The maximum absolute atomic E-state index is 14.3. The summed E-state index contributed by atoms with van der Waals surface area (Å²) in [7, 11) is 5.76. The fourth-order valence-electron chi connectivity index (χ4n) is 4.25. The Morgan fingerprint density at radius 2 is 1.08 bits per heavy atom. The highest BCUT2D eigenvalue weighted by Gasteiger charge is 2.47. The largest absolute Gasteiger partial charge is 0.416 e. The molecule has 0 aliphatic carbocycles. The van der Waals surface area contributed by atoms with Crippen molar-refractivity contribution in [2.45, 2.75) is 37.2 Å². The summed E-state index contributed by atoms with van der Waals surface area (Å²) >= 11 is 0. The number of Topliss-reactive ketones (excluding diaryl/α,β-unsaturated/α-hetero) is 1. The molecule has 36 heavy (non-hydrogen) atoms. The number of nitrogens with zero attached hydrogens (tertiary/aromatic N) is 1. The van der Waals surface area contributed by atoms with E-state index in [0.29, 0.717) is 27.7 Å². The van der Waals surface area contributed by atoms with Crippen molar-refractivity contribution in [2.75, 3.05) is 21.1 Å². The lowest BCUT2D eigenvalue weighted by Gasteiger charge is -2.40. The summed E-state index contributed by atoms with van der Waals surface area (Å²) in [6, 6.07) is 17.9. The SMILES string of the molecule is CC(CC(C(=O)c1cc(C(F)(F)F)cc(C(F)(F)F)c1)(c1ccccc1)c1ccccc1)[N+](C)(C)C. The number of halogens is 6. The molecule has 192 valence electrons. The van der Waals surface area contributed by atoms with Gasteiger partial charge in [-0.3, -0.25) is 4.79 Å². The molecule has 0 spiro atoms. The van der Waals surface area contributed by atoms with Crippen molar-refractivity contribution in [3.63, 3.8) is 0 Å². The lowest BCUT2D eigenvalue weighted by Crippen LogP contribution is -2.50. The number of hydrogen-bond acceptors (Lipinski definition) is 1. The van der Waals surface area contributed by atoms with Gasteiger partial charge >= 0.3 is 12.4 Å². The van der Waals surface area contributed by atoms with Gasteiger partial charge in [-0.15, -0.1) is 0 Å². The molecule has 0 N–H and O–H groups in total. The molecule has 0 saturated heterocycles. The van der Waals surface area contributed by atoms with Gasteiger partial charge in [0.1, 0.15) is 0 Å². The zero-order valence-electron chi connectivity index (χ0n) is 20.4. The molecule has 0 fully saturated rings. The van der Waals surface area contributed by atoms with Crippen LogP contribution in [-0.4, -0.2) is 37.5 Å². The van der Waals surface area contributed by atoms with Gasteiger partial charge in [-0.05, 0) is 36.2 Å². The third-order valence-electron chi connectivity index (χ3n) is 6.69. The van der Waals surface area contributed by atoms with E-state index < -0.39 is 40.2 Å². The Bertz CT molecular complexity index is 1120. The molecule has 1 unspecified atom stereocenters. The number of quaternary nitrogens is 1. The van der Waals surface area contributed by atoms with Gasteiger partial charge < -0.3 is 4.48 Å². The smallest absolute Gasteiger partial charge is 0.329 e. The summed E-state index contributed by atoms with van der Waals surface area (Å²) in [5.41, 5.74) is -4.22. The predicted octanol–water partition coefficient (Wildman–Crippen LogP) is 7.38. The standard InChI is InChI=1S/C28H28F6NO/c1-19(35(2,3)4)18-26(21-11-7-5-8-12-21,22-13-9-6-10-14-22)25(36)20-15-23(27(29,30)31)17-24(16-20)28(32,33)34/h5-17,19H,18H2,1-4H3/q+1. The number of alkyl halides is 6.